The summed E-state index contributed by atoms with van der Waals surface area (Å²) in [5.74, 6) is 0.517. The third-order valence-corrected chi connectivity index (χ3v) is 4.46. The van der Waals surface area contributed by atoms with Crippen molar-refractivity contribution in [2.45, 2.75) is 12.8 Å². The van der Waals surface area contributed by atoms with Gasteiger partial charge in [-0.15, -0.1) is 0 Å². The summed E-state index contributed by atoms with van der Waals surface area (Å²) < 4.78 is 5.32. The zero-order valence-electron chi connectivity index (χ0n) is 14.8. The van der Waals surface area contributed by atoms with Crippen LogP contribution in [-0.4, -0.2) is 27.8 Å². The minimum absolute atomic E-state index is 0.0548. The fourth-order valence-corrected chi connectivity index (χ4v) is 3.13. The van der Waals surface area contributed by atoms with Gasteiger partial charge in [-0.3, -0.25) is 9.78 Å². The van der Waals surface area contributed by atoms with E-state index in [4.69, 9.17) is 10.5 Å². The second-order valence-corrected chi connectivity index (χ2v) is 6.21. The lowest BCUT2D eigenvalue weighted by molar-refractivity contribution is 0.0979. The van der Waals surface area contributed by atoms with Gasteiger partial charge in [0.05, 0.1) is 12.6 Å². The van der Waals surface area contributed by atoms with Crippen molar-refractivity contribution in [3.63, 3.8) is 0 Å². The number of carbonyl (C=O) groups excluding carboxylic acids is 1. The predicted molar refractivity (Wildman–Crippen MR) is 105 cm³/mol. The van der Waals surface area contributed by atoms with Crippen molar-refractivity contribution in [1.29, 1.82) is 0 Å². The maximum atomic E-state index is 12.8. The summed E-state index contributed by atoms with van der Waals surface area (Å²) in [6.45, 7) is 0. The number of benzene rings is 2. The quantitative estimate of drug-likeness (QED) is 0.548. The molecule has 4 rings (SSSR count). The highest BCUT2D eigenvalue weighted by atomic mass is 16.5. The van der Waals surface area contributed by atoms with Crippen LogP contribution in [0.5, 0.6) is 5.75 Å². The van der Waals surface area contributed by atoms with Gasteiger partial charge in [-0.2, -0.15) is 0 Å². The van der Waals surface area contributed by atoms with E-state index in [9.17, 15) is 4.79 Å². The molecule has 0 saturated heterocycles. The van der Waals surface area contributed by atoms with Crippen molar-refractivity contribution in [2.75, 3.05) is 12.8 Å². The minimum atomic E-state index is -0.0997. The van der Waals surface area contributed by atoms with E-state index < -0.39 is 0 Å². The van der Waals surface area contributed by atoms with Crippen molar-refractivity contribution in [2.24, 2.45) is 0 Å². The Hall–Kier alpha value is -3.54. The van der Waals surface area contributed by atoms with Crippen LogP contribution in [0.2, 0.25) is 0 Å². The Labute approximate surface area is 156 Å². The lowest BCUT2D eigenvalue weighted by Crippen LogP contribution is -2.09. The molecule has 0 amide bonds. The van der Waals surface area contributed by atoms with Gasteiger partial charge in [0.25, 0.3) is 0 Å². The number of anilines is 1. The summed E-state index contributed by atoms with van der Waals surface area (Å²) in [5, 5.41) is 1.72. The highest BCUT2D eigenvalue weighted by molar-refractivity contribution is 6.07. The molecular weight excluding hydrogens is 340 g/mol. The molecule has 2 aromatic heterocycles. The van der Waals surface area contributed by atoms with Gasteiger partial charge in [0.2, 0.25) is 5.95 Å². The lowest BCUT2D eigenvalue weighted by atomic mass is 10.0. The van der Waals surface area contributed by atoms with Crippen LogP contribution in [0, 0.1) is 0 Å². The van der Waals surface area contributed by atoms with Crippen molar-refractivity contribution in [1.82, 2.24) is 15.0 Å². The van der Waals surface area contributed by atoms with Gasteiger partial charge in [0, 0.05) is 22.9 Å². The first kappa shape index (κ1) is 16.9. The number of aromatic nitrogens is 3. The van der Waals surface area contributed by atoms with E-state index in [1.807, 2.05) is 42.5 Å². The average Bonchev–Trinajstić information content (AvgIpc) is 2.70. The van der Waals surface area contributed by atoms with E-state index in [2.05, 4.69) is 15.0 Å². The molecule has 0 radical (unpaired) electrons. The molecular formula is C21H18N4O2. The molecule has 6 heteroatoms. The van der Waals surface area contributed by atoms with Crippen LogP contribution >= 0.6 is 0 Å². The molecule has 2 N–H and O–H groups in total. The maximum Gasteiger partial charge on any atom is 0.221 e. The van der Waals surface area contributed by atoms with E-state index in [0.717, 1.165) is 16.6 Å². The molecule has 0 bridgehead atoms. The number of aryl methyl sites for hydroxylation is 1. The molecule has 0 aliphatic rings. The number of rotatable bonds is 5. The van der Waals surface area contributed by atoms with Gasteiger partial charge in [-0.05, 0) is 24.6 Å². The molecule has 0 atom stereocenters. The second-order valence-electron chi connectivity index (χ2n) is 6.21. The molecule has 0 unspecified atom stereocenters. The van der Waals surface area contributed by atoms with Crippen LogP contribution in [-0.2, 0) is 6.42 Å². The first-order valence-corrected chi connectivity index (χ1v) is 8.64. The molecule has 0 saturated carbocycles. The van der Waals surface area contributed by atoms with E-state index >= 15 is 0 Å². The van der Waals surface area contributed by atoms with E-state index in [-0.39, 0.29) is 18.2 Å². The van der Waals surface area contributed by atoms with Crippen molar-refractivity contribution in [3.05, 3.63) is 66.0 Å². The van der Waals surface area contributed by atoms with Crippen LogP contribution in [0.4, 0.5) is 5.95 Å². The third kappa shape index (κ3) is 3.29. The van der Waals surface area contributed by atoms with E-state index in [1.54, 1.807) is 19.2 Å². The lowest BCUT2D eigenvalue weighted by Gasteiger charge is -2.09. The van der Waals surface area contributed by atoms with Gasteiger partial charge < -0.3 is 10.5 Å². The van der Waals surface area contributed by atoms with Crippen LogP contribution in [0.1, 0.15) is 22.6 Å². The van der Waals surface area contributed by atoms with Gasteiger partial charge in [0.15, 0.2) is 5.78 Å². The SMILES string of the molecule is COc1cccc2c(C(=O)CCc3ccc4ccccc4n3)nc(N)nc12. The van der Waals surface area contributed by atoms with Gasteiger partial charge >= 0.3 is 0 Å². The number of ketones is 1. The summed E-state index contributed by atoms with van der Waals surface area (Å²) in [7, 11) is 1.56. The van der Waals surface area contributed by atoms with Crippen LogP contribution < -0.4 is 10.5 Å². The van der Waals surface area contributed by atoms with Crippen molar-refractivity contribution < 1.29 is 9.53 Å². The first-order chi connectivity index (χ1) is 13.2. The number of Topliss-reactive ketones (excluding diaryl/α,β-unsaturated/α-hetero) is 1. The van der Waals surface area contributed by atoms with Gasteiger partial charge in [-0.1, -0.05) is 36.4 Å². The standard InChI is InChI=1S/C21H18N4O2/c1-27-18-8-4-6-15-19(24-21(22)25-20(15)18)17(26)12-11-14-10-9-13-5-2-3-7-16(13)23-14/h2-10H,11-12H2,1H3,(H2,22,24,25). The number of fused-ring (bicyclic) bond motifs is 2. The fraction of sp³-hybridized carbons (Fsp3) is 0.143. The number of nitrogens with zero attached hydrogens (tertiary/aromatic N) is 3. The van der Waals surface area contributed by atoms with E-state index in [0.29, 0.717) is 28.8 Å². The van der Waals surface area contributed by atoms with Crippen LogP contribution in [0.3, 0.4) is 0 Å². The molecule has 2 aromatic carbocycles. The zero-order valence-corrected chi connectivity index (χ0v) is 14.8. The van der Waals surface area contributed by atoms with E-state index in [1.165, 1.54) is 0 Å². The normalized spacial score (nSPS) is 11.0. The number of hydrogen-bond acceptors (Lipinski definition) is 6. The molecule has 0 spiro atoms. The molecule has 134 valence electrons. The monoisotopic (exact) mass is 358 g/mol. The predicted octanol–water partition coefficient (Wildman–Crippen LogP) is 3.58. The Morgan fingerprint density at radius 3 is 2.70 bits per heavy atom. The van der Waals surface area contributed by atoms with Crippen molar-refractivity contribution in [3.8, 4) is 5.75 Å². The number of nitrogen functional groups attached to an aromatic ring is 1. The summed E-state index contributed by atoms with van der Waals surface area (Å²) in [6, 6.07) is 17.3. The number of carbonyl (C=O) groups is 1. The minimum Gasteiger partial charge on any atom is -0.494 e. The molecule has 0 aliphatic carbocycles. The summed E-state index contributed by atoms with van der Waals surface area (Å²) >= 11 is 0. The molecule has 6 nitrogen and oxygen atoms in total. The van der Waals surface area contributed by atoms with Gasteiger partial charge in [0.1, 0.15) is 17.0 Å². The summed E-state index contributed by atoms with van der Waals surface area (Å²) in [4.78, 5) is 25.9. The highest BCUT2D eigenvalue weighted by Gasteiger charge is 2.16. The van der Waals surface area contributed by atoms with Crippen LogP contribution in [0.15, 0.2) is 54.6 Å². The Bertz CT molecular complexity index is 1160. The topological polar surface area (TPSA) is 91.0 Å². The summed E-state index contributed by atoms with van der Waals surface area (Å²) in [5.41, 5.74) is 8.46. The number of para-hydroxylation sites is 2. The number of ether oxygens (including phenoxy) is 1. The highest BCUT2D eigenvalue weighted by Crippen LogP contribution is 2.27. The first-order valence-electron chi connectivity index (χ1n) is 8.64. The zero-order chi connectivity index (χ0) is 18.8. The summed E-state index contributed by atoms with van der Waals surface area (Å²) in [6.07, 6.45) is 0.813. The Morgan fingerprint density at radius 2 is 1.85 bits per heavy atom. The Kier molecular flexibility index (Phi) is 4.38. The number of nitrogens with two attached hydrogens (primary N) is 1. The Morgan fingerprint density at radius 1 is 1.00 bits per heavy atom. The number of methoxy groups -OCH3 is 1. The molecule has 27 heavy (non-hydrogen) atoms. The van der Waals surface area contributed by atoms with Crippen LogP contribution in [0.25, 0.3) is 21.8 Å². The second kappa shape index (κ2) is 6.99. The van der Waals surface area contributed by atoms with Gasteiger partial charge in [-0.25, -0.2) is 9.97 Å². The van der Waals surface area contributed by atoms with Crippen molar-refractivity contribution >= 4 is 33.5 Å². The molecule has 0 fully saturated rings. The Balaban J connectivity index is 1.62. The molecule has 2 heterocycles. The molecule has 4 aromatic rings. The smallest absolute Gasteiger partial charge is 0.221 e. The third-order valence-electron chi connectivity index (χ3n) is 4.46. The largest absolute Gasteiger partial charge is 0.494 e. The number of hydrogen-bond donors (Lipinski definition) is 1. The molecule has 0 aliphatic heterocycles. The fourth-order valence-electron chi connectivity index (χ4n) is 3.13. The average molecular weight is 358 g/mol. The number of pyridine rings is 1. The maximum absolute atomic E-state index is 12.8.